The first kappa shape index (κ1) is 90.7. The number of methoxy groups -OCH3 is 1. The molecule has 2 N–H and O–H groups in total. The lowest BCUT2D eigenvalue weighted by molar-refractivity contribution is -0.385. The number of hydrogen-bond donors (Lipinski definition) is 2. The largest absolute Gasteiger partial charge is 0.507 e. The van der Waals surface area contributed by atoms with Gasteiger partial charge < -0.3 is 24.4 Å². The minimum absolute atomic E-state index is 0.0687. The van der Waals surface area contributed by atoms with Gasteiger partial charge in [0.25, 0.3) is 100 Å². The smallest absolute Gasteiger partial charge is 0.282 e. The van der Waals surface area contributed by atoms with Gasteiger partial charge in [-0.05, 0) is 164 Å². The second-order valence-electron chi connectivity index (χ2n) is 27.5. The van der Waals surface area contributed by atoms with Crippen molar-refractivity contribution in [3.05, 3.63) is 278 Å². The molecule has 18 rings (SSSR count). The third-order valence-corrected chi connectivity index (χ3v) is 21.4. The number of rotatable bonds is 11. The number of carbonyl (C=O) groups is 16. The number of fused-ring (bicyclic) bond motifs is 10. The first-order valence-electron chi connectivity index (χ1n) is 38.7. The fraction of sp³-hybridized carbons (Fsp3) is 0.213. The van der Waals surface area contributed by atoms with Crippen LogP contribution in [0, 0.1) is 28.7 Å². The number of benzene rings is 9. The van der Waals surface area contributed by atoms with Crippen LogP contribution in [0.15, 0.2) is 152 Å². The maximum atomic E-state index is 12.8. The lowest BCUT2D eigenvalue weighted by Gasteiger charge is -2.09. The van der Waals surface area contributed by atoms with E-state index in [1.807, 2.05) is 49.4 Å². The highest BCUT2D eigenvalue weighted by atomic mass is 35.5. The molecule has 0 fully saturated rings. The molecule has 125 heavy (non-hydrogen) atoms. The number of nitro benzene ring substituents is 1. The Morgan fingerprint density at radius 3 is 1.14 bits per heavy atom. The molecule has 0 saturated carbocycles. The Kier molecular flexibility index (Phi) is 27.2. The number of halogens is 4. The predicted octanol–water partition coefficient (Wildman–Crippen LogP) is 13.0. The molecule has 0 radical (unpaired) electrons. The Morgan fingerprint density at radius 2 is 0.696 bits per heavy atom. The van der Waals surface area contributed by atoms with E-state index in [2.05, 4.69) is 0 Å². The summed E-state index contributed by atoms with van der Waals surface area (Å²) >= 11 is 11.7. The van der Waals surface area contributed by atoms with Crippen LogP contribution in [-0.4, -0.2) is 215 Å². The third kappa shape index (κ3) is 16.5. The van der Waals surface area contributed by atoms with Crippen molar-refractivity contribution in [1.82, 2.24) is 39.2 Å². The second kappa shape index (κ2) is 37.5. The number of nitrogens with zero attached hydrogens (tertiary/aromatic N) is 9. The topological polar surface area (TPSA) is 410 Å². The van der Waals surface area contributed by atoms with E-state index in [1.54, 1.807) is 110 Å². The Balaban J connectivity index is 0.000000139. The molecule has 9 heterocycles. The number of hydrogen-bond acceptors (Lipinski definition) is 23. The fourth-order valence-electron chi connectivity index (χ4n) is 14.6. The number of phenols is 2. The molecule has 16 amide bonds. The molecule has 36 heteroatoms. The van der Waals surface area contributed by atoms with Crippen molar-refractivity contribution in [2.45, 2.75) is 62.3 Å². The minimum atomic E-state index is -1.12. The van der Waals surface area contributed by atoms with Crippen molar-refractivity contribution < 1.29 is 115 Å². The van der Waals surface area contributed by atoms with Gasteiger partial charge in [0.1, 0.15) is 22.8 Å². The molecular formula is C89H75Cl2F2N9O23. The molecule has 9 aliphatic rings. The summed E-state index contributed by atoms with van der Waals surface area (Å²) in [6.45, 7) is 18.3. The standard InChI is InChI=1S/C16H13NO2.C11H9NO4.C11H11NO3.C11H11NO2.C10H7Cl2NO2.C10H7F2NO2.C10H8N2O4.C10H9NO4/c1-2-17-15(18)13-9-8-12(10-14(13)16(17)19)11-6-4-3-5-7-11;1-2-12-10(13)6-3-4-7-9(16-5-15-7)8(6)11(12)14;1-3-12-10(13)7-5-4-6-8(15-2)9(7)11(12)14;1-3-12-10(13)8-6-4-5-7(2)9(8)11(12)14;1-2-13-9(14)7-5(11)3-4-6(12)8(7)10(13)15;1-2-13-9(14)5-3-7(11)8(12)4-6(5)10(13)15;1-2-11-9(13)6-4-3-5-7(12(15)16)8(6)10(11)14;1-2-11-9(14)7-5(12)3-4-6(13)8(7)10(11)15/h3-10H,2H2,1H3;3-4H,2,5H2,1H3;4-6H,3H2,1-2H3;4-6H,3H2,1-2H3;2*3-4H,2H2,1H3;3-5H,2H2,1H3;3-4,12-13H,2H2,1H3. The maximum absolute atomic E-state index is 12.8. The van der Waals surface area contributed by atoms with Crippen LogP contribution in [0.2, 0.25) is 10.0 Å². The Morgan fingerprint density at radius 1 is 0.352 bits per heavy atom. The number of amides is 16. The van der Waals surface area contributed by atoms with Crippen molar-refractivity contribution >= 4 is 123 Å². The lowest BCUT2D eigenvalue weighted by atomic mass is 10.0. The maximum Gasteiger partial charge on any atom is 0.282 e. The summed E-state index contributed by atoms with van der Waals surface area (Å²) in [5, 5.41) is 30.2. The van der Waals surface area contributed by atoms with E-state index in [-0.39, 0.29) is 157 Å². The van der Waals surface area contributed by atoms with Crippen molar-refractivity contribution in [3.63, 3.8) is 0 Å². The number of imide groups is 8. The van der Waals surface area contributed by atoms with E-state index >= 15 is 0 Å². The predicted molar refractivity (Wildman–Crippen MR) is 443 cm³/mol. The molecule has 0 unspecified atom stereocenters. The summed E-state index contributed by atoms with van der Waals surface area (Å²) in [5.74, 6) is -7.27. The normalized spacial score (nSPS) is 14.8. The van der Waals surface area contributed by atoms with Gasteiger partial charge in [-0.3, -0.25) is 126 Å². The van der Waals surface area contributed by atoms with Crippen LogP contribution < -0.4 is 14.2 Å². The van der Waals surface area contributed by atoms with Gasteiger partial charge in [0.15, 0.2) is 23.1 Å². The van der Waals surface area contributed by atoms with Gasteiger partial charge in [0.2, 0.25) is 6.79 Å². The highest BCUT2D eigenvalue weighted by Crippen LogP contribution is 2.43. The minimum Gasteiger partial charge on any atom is -0.507 e. The number of nitro groups is 1. The molecule has 0 atom stereocenters. The van der Waals surface area contributed by atoms with Crippen LogP contribution >= 0.6 is 23.2 Å². The van der Waals surface area contributed by atoms with Gasteiger partial charge in [0, 0.05) is 58.4 Å². The van der Waals surface area contributed by atoms with Gasteiger partial charge in [-0.15, -0.1) is 0 Å². The molecule has 0 saturated heterocycles. The van der Waals surface area contributed by atoms with Crippen LogP contribution in [0.4, 0.5) is 14.5 Å². The van der Waals surface area contributed by atoms with Gasteiger partial charge in [-0.25, -0.2) is 8.78 Å². The van der Waals surface area contributed by atoms with E-state index in [4.69, 9.17) is 37.4 Å². The Bertz CT molecular complexity index is 5950. The van der Waals surface area contributed by atoms with Crippen LogP contribution in [-0.2, 0) is 0 Å². The van der Waals surface area contributed by atoms with Gasteiger partial charge in [0.05, 0.1) is 106 Å². The number of carbonyl (C=O) groups excluding carboxylic acids is 16. The molecule has 0 spiro atoms. The van der Waals surface area contributed by atoms with Crippen LogP contribution in [0.5, 0.6) is 28.7 Å². The fourth-order valence-corrected chi connectivity index (χ4v) is 15.0. The summed E-state index contributed by atoms with van der Waals surface area (Å²) in [4.78, 5) is 207. The van der Waals surface area contributed by atoms with E-state index in [9.17, 15) is 106 Å². The van der Waals surface area contributed by atoms with Gasteiger partial charge in [-0.1, -0.05) is 83.9 Å². The van der Waals surface area contributed by atoms with Crippen molar-refractivity contribution in [2.24, 2.45) is 0 Å². The Hall–Kier alpha value is -15.1. The molecule has 32 nitrogen and oxygen atoms in total. The molecule has 0 bridgehead atoms. The highest BCUT2D eigenvalue weighted by Gasteiger charge is 2.45. The number of ether oxygens (including phenoxy) is 3. The van der Waals surface area contributed by atoms with Crippen LogP contribution in [0.25, 0.3) is 11.1 Å². The van der Waals surface area contributed by atoms with Crippen molar-refractivity contribution in [3.8, 4) is 39.9 Å². The zero-order chi connectivity index (χ0) is 91.3. The van der Waals surface area contributed by atoms with Crippen molar-refractivity contribution in [1.29, 1.82) is 0 Å². The Labute approximate surface area is 720 Å². The van der Waals surface area contributed by atoms with Crippen LogP contribution in [0.3, 0.4) is 0 Å². The molecular weight excluding hydrogens is 1670 g/mol. The van der Waals surface area contributed by atoms with E-state index in [1.165, 1.54) is 69.2 Å². The quantitative estimate of drug-likeness (QED) is 0.0525. The number of phenolic OH excluding ortho intramolecular Hbond substituents is 2. The summed E-state index contributed by atoms with van der Waals surface area (Å²) < 4.78 is 41.2. The molecule has 9 aliphatic heterocycles. The molecule has 0 aromatic heterocycles. The summed E-state index contributed by atoms with van der Waals surface area (Å²) in [7, 11) is 1.49. The van der Waals surface area contributed by atoms with E-state index < -0.39 is 52.0 Å². The average molecular weight is 1750 g/mol. The first-order valence-corrected chi connectivity index (χ1v) is 39.4. The van der Waals surface area contributed by atoms with Crippen LogP contribution in [0.1, 0.15) is 227 Å². The summed E-state index contributed by atoms with van der Waals surface area (Å²) in [5.41, 5.74) is 6.32. The summed E-state index contributed by atoms with van der Waals surface area (Å²) in [6, 6.07) is 39.9. The monoisotopic (exact) mass is 1750 g/mol. The zero-order valence-electron chi connectivity index (χ0n) is 68.3. The first-order chi connectivity index (χ1) is 59.6. The SMILES string of the molecule is CCN1C(=O)c2c(Cl)ccc(Cl)c2C1=O.CCN1C(=O)c2c(O)ccc(O)c2C1=O.CCN1C(=O)c2cc(F)c(F)cc2C1=O.CCN1C(=O)c2ccc(-c3ccccc3)cc2C1=O.CCN1C(=O)c2ccc3c(c2C1=O)OCO3.CCN1C(=O)c2cccc(C)c2C1=O.CCN1C(=O)c2cccc(OC)c2C1=O.CCN1C(=O)c2cccc([N+](=O)[O-])c2C1=O. The molecule has 0 aliphatic carbocycles. The average Bonchev–Trinajstić information content (AvgIpc) is 1.62. The lowest BCUT2D eigenvalue weighted by Crippen LogP contribution is -2.29. The van der Waals surface area contributed by atoms with Gasteiger partial charge >= 0.3 is 0 Å². The van der Waals surface area contributed by atoms with E-state index in [0.29, 0.717) is 94.5 Å². The van der Waals surface area contributed by atoms with E-state index in [0.717, 1.165) is 48.4 Å². The third-order valence-electron chi connectivity index (χ3n) is 20.8. The highest BCUT2D eigenvalue weighted by molar-refractivity contribution is 6.42. The molecule has 9 aromatic rings. The molecule has 9 aromatic carbocycles. The zero-order valence-corrected chi connectivity index (χ0v) is 69.8. The molecule has 642 valence electrons. The number of aryl methyl sites for hydroxylation is 1. The second-order valence-corrected chi connectivity index (χ2v) is 28.3. The summed E-state index contributed by atoms with van der Waals surface area (Å²) in [6.07, 6.45) is 0. The van der Waals surface area contributed by atoms with Gasteiger partial charge in [-0.2, -0.15) is 0 Å². The number of aromatic hydroxyl groups is 2. The van der Waals surface area contributed by atoms with Crippen molar-refractivity contribution in [2.75, 3.05) is 66.3 Å².